The van der Waals surface area contributed by atoms with E-state index in [0.717, 1.165) is 22.6 Å². The Morgan fingerprint density at radius 3 is 2.79 bits per heavy atom. The molecule has 0 aliphatic carbocycles. The number of anilines is 1. The van der Waals surface area contributed by atoms with Crippen molar-refractivity contribution in [3.05, 3.63) is 69.8 Å². The summed E-state index contributed by atoms with van der Waals surface area (Å²) < 4.78 is 13.1. The molecule has 0 aliphatic rings. The molecule has 0 unspecified atom stereocenters. The Labute approximate surface area is 230 Å². The van der Waals surface area contributed by atoms with Gasteiger partial charge in [-0.1, -0.05) is 29.5 Å². The second kappa shape index (κ2) is 12.0. The number of methoxy groups -OCH3 is 1. The van der Waals surface area contributed by atoms with Crippen LogP contribution in [0.15, 0.2) is 36.7 Å². The number of aliphatic carboxylic acids is 1. The third kappa shape index (κ3) is 6.39. The first kappa shape index (κ1) is 27.7. The first-order valence-electron chi connectivity index (χ1n) is 12.2. The molecular weight excluding hydrogens is 520 g/mol. The first-order valence-corrected chi connectivity index (χ1v) is 12.6. The van der Waals surface area contributed by atoms with E-state index in [9.17, 15) is 4.79 Å². The number of hydrogen-bond acceptors (Lipinski definition) is 8. The lowest BCUT2D eigenvalue weighted by atomic mass is 10.1. The third-order valence-electron chi connectivity index (χ3n) is 6.22. The minimum Gasteiger partial charge on any atom is -0.496 e. The Morgan fingerprint density at radius 2 is 2.05 bits per heavy atom. The summed E-state index contributed by atoms with van der Waals surface area (Å²) >= 11 is 6.48. The van der Waals surface area contributed by atoms with Crippen LogP contribution in [0.2, 0.25) is 5.15 Å². The van der Waals surface area contributed by atoms with Crippen molar-refractivity contribution in [1.82, 2.24) is 19.5 Å². The SMILES string of the molecule is COc1c(C)cnc(CCn2cc(C#Cc3cccc(OCC[C@H](N)C(=O)O)c3)c3c(Cl)nc(N)nc32)c1C. The van der Waals surface area contributed by atoms with Crippen molar-refractivity contribution < 1.29 is 19.4 Å². The Hall–Kier alpha value is -4.33. The third-order valence-corrected chi connectivity index (χ3v) is 6.49. The van der Waals surface area contributed by atoms with Gasteiger partial charge in [-0.25, -0.2) is 4.98 Å². The second-order valence-corrected chi connectivity index (χ2v) is 9.32. The average Bonchev–Trinajstić information content (AvgIpc) is 3.25. The number of nitrogen functional groups attached to an aromatic ring is 1. The first-order chi connectivity index (χ1) is 18.7. The zero-order valence-electron chi connectivity index (χ0n) is 21.9. The Bertz CT molecular complexity index is 1590. The predicted molar refractivity (Wildman–Crippen MR) is 149 cm³/mol. The summed E-state index contributed by atoms with van der Waals surface area (Å²) in [4.78, 5) is 24.0. The molecule has 10 nitrogen and oxygen atoms in total. The molecule has 4 rings (SSSR count). The molecule has 202 valence electrons. The minimum absolute atomic E-state index is 0.0742. The van der Waals surface area contributed by atoms with Crippen molar-refractivity contribution in [3.8, 4) is 23.3 Å². The lowest BCUT2D eigenvalue weighted by Crippen LogP contribution is -2.31. The number of carboxylic acids is 1. The van der Waals surface area contributed by atoms with Gasteiger partial charge in [-0.15, -0.1) is 0 Å². The molecule has 0 bridgehead atoms. The second-order valence-electron chi connectivity index (χ2n) is 8.96. The number of benzene rings is 1. The van der Waals surface area contributed by atoms with E-state index in [2.05, 4.69) is 26.8 Å². The van der Waals surface area contributed by atoms with Crippen molar-refractivity contribution in [2.75, 3.05) is 19.5 Å². The van der Waals surface area contributed by atoms with Crippen molar-refractivity contribution in [1.29, 1.82) is 0 Å². The topological polar surface area (TPSA) is 151 Å². The zero-order valence-corrected chi connectivity index (χ0v) is 22.6. The van der Waals surface area contributed by atoms with Crippen LogP contribution in [0.3, 0.4) is 0 Å². The number of nitrogens with two attached hydrogens (primary N) is 2. The highest BCUT2D eigenvalue weighted by Crippen LogP contribution is 2.28. The van der Waals surface area contributed by atoms with Crippen LogP contribution in [-0.2, 0) is 17.8 Å². The van der Waals surface area contributed by atoms with Gasteiger partial charge in [0.25, 0.3) is 0 Å². The van der Waals surface area contributed by atoms with Crippen LogP contribution >= 0.6 is 11.6 Å². The molecule has 1 atom stereocenters. The van der Waals surface area contributed by atoms with Crippen LogP contribution < -0.4 is 20.9 Å². The van der Waals surface area contributed by atoms with Gasteiger partial charge in [0.05, 0.1) is 24.7 Å². The van der Waals surface area contributed by atoms with Crippen LogP contribution in [0.4, 0.5) is 5.95 Å². The van der Waals surface area contributed by atoms with Gasteiger partial charge in [-0.05, 0) is 32.0 Å². The highest BCUT2D eigenvalue weighted by atomic mass is 35.5. The van der Waals surface area contributed by atoms with E-state index in [4.69, 9.17) is 37.6 Å². The van der Waals surface area contributed by atoms with Gasteiger partial charge in [-0.3, -0.25) is 9.78 Å². The average molecular weight is 549 g/mol. The number of carbonyl (C=O) groups is 1. The van der Waals surface area contributed by atoms with Crippen LogP contribution in [0, 0.1) is 25.7 Å². The molecule has 4 aromatic rings. The number of carboxylic acid groups (broad SMARTS) is 1. The molecule has 0 fully saturated rings. The normalized spacial score (nSPS) is 11.6. The lowest BCUT2D eigenvalue weighted by molar-refractivity contribution is -0.138. The fourth-order valence-electron chi connectivity index (χ4n) is 4.20. The summed E-state index contributed by atoms with van der Waals surface area (Å²) in [6.07, 6.45) is 4.51. The summed E-state index contributed by atoms with van der Waals surface area (Å²) in [5.41, 5.74) is 16.3. The van der Waals surface area contributed by atoms with E-state index in [0.29, 0.717) is 40.9 Å². The maximum absolute atomic E-state index is 10.9. The van der Waals surface area contributed by atoms with Crippen LogP contribution in [0.5, 0.6) is 11.5 Å². The largest absolute Gasteiger partial charge is 0.496 e. The molecule has 0 saturated heterocycles. The molecule has 3 aromatic heterocycles. The molecule has 0 aliphatic heterocycles. The molecule has 3 heterocycles. The van der Waals surface area contributed by atoms with Gasteiger partial charge in [0.1, 0.15) is 28.3 Å². The van der Waals surface area contributed by atoms with E-state index >= 15 is 0 Å². The molecule has 1 aromatic carbocycles. The van der Waals surface area contributed by atoms with E-state index < -0.39 is 12.0 Å². The van der Waals surface area contributed by atoms with Gasteiger partial charge in [0.2, 0.25) is 5.95 Å². The van der Waals surface area contributed by atoms with Gasteiger partial charge >= 0.3 is 5.97 Å². The molecule has 39 heavy (non-hydrogen) atoms. The molecule has 0 amide bonds. The molecule has 0 spiro atoms. The summed E-state index contributed by atoms with van der Waals surface area (Å²) in [5.74, 6) is 6.71. The van der Waals surface area contributed by atoms with Gasteiger partial charge < -0.3 is 30.6 Å². The summed E-state index contributed by atoms with van der Waals surface area (Å²) in [5, 5.41) is 9.75. The number of fused-ring (bicyclic) bond motifs is 1. The van der Waals surface area contributed by atoms with Crippen molar-refractivity contribution in [2.24, 2.45) is 5.73 Å². The number of hydrogen-bond donors (Lipinski definition) is 3. The maximum atomic E-state index is 10.9. The maximum Gasteiger partial charge on any atom is 0.320 e. The zero-order chi connectivity index (χ0) is 28.1. The molecule has 0 radical (unpaired) electrons. The van der Waals surface area contributed by atoms with Crippen LogP contribution in [0.25, 0.3) is 11.0 Å². The molecule has 5 N–H and O–H groups in total. The van der Waals surface area contributed by atoms with Crippen molar-refractivity contribution in [2.45, 2.75) is 39.3 Å². The van der Waals surface area contributed by atoms with E-state index in [-0.39, 0.29) is 24.1 Å². The molecule has 11 heteroatoms. The van der Waals surface area contributed by atoms with Crippen molar-refractivity contribution >= 4 is 34.6 Å². The lowest BCUT2D eigenvalue weighted by Gasteiger charge is -2.12. The van der Waals surface area contributed by atoms with E-state index in [1.165, 1.54) is 0 Å². The van der Waals surface area contributed by atoms with Gasteiger partial charge in [0.15, 0.2) is 0 Å². The van der Waals surface area contributed by atoms with Gasteiger partial charge in [-0.2, -0.15) is 4.98 Å². The quantitative estimate of drug-likeness (QED) is 0.211. The molecular formula is C28H29ClN6O4. The highest BCUT2D eigenvalue weighted by Gasteiger charge is 2.16. The summed E-state index contributed by atoms with van der Waals surface area (Å²) in [6, 6.07) is 6.22. The number of aromatic nitrogens is 4. The fourth-order valence-corrected chi connectivity index (χ4v) is 4.48. The van der Waals surface area contributed by atoms with Crippen LogP contribution in [0.1, 0.15) is 34.4 Å². The minimum atomic E-state index is -1.06. The van der Waals surface area contributed by atoms with E-state index in [1.807, 2.05) is 36.7 Å². The molecule has 0 saturated carbocycles. The van der Waals surface area contributed by atoms with E-state index in [1.54, 1.807) is 25.4 Å². The number of nitrogens with zero attached hydrogens (tertiary/aromatic N) is 4. The number of aryl methyl sites for hydroxylation is 3. The number of pyridine rings is 1. The standard InChI is InChI=1S/C28H29ClN6O4/c1-16-14-32-22(17(2)24(16)38-3)9-11-35-15-19(23-25(29)33-28(31)34-26(23)35)8-7-18-5-4-6-20(13-18)39-12-10-21(30)27(36)37/h4-6,13-15,21H,9-12,30H2,1-3H3,(H,36,37)(H2,31,33,34)/t21-/m0/s1. The fraction of sp³-hybridized carbons (Fsp3) is 0.286. The number of rotatable bonds is 9. The van der Waals surface area contributed by atoms with Crippen molar-refractivity contribution in [3.63, 3.8) is 0 Å². The summed E-state index contributed by atoms with van der Waals surface area (Å²) in [7, 11) is 1.65. The smallest absolute Gasteiger partial charge is 0.320 e. The van der Waals surface area contributed by atoms with Crippen LogP contribution in [-0.4, -0.2) is 50.4 Å². The number of ether oxygens (including phenoxy) is 2. The monoisotopic (exact) mass is 548 g/mol. The highest BCUT2D eigenvalue weighted by molar-refractivity contribution is 6.34. The Kier molecular flexibility index (Phi) is 8.54. The number of halogens is 1. The van der Waals surface area contributed by atoms with Gasteiger partial charge in [0, 0.05) is 54.2 Å². The Morgan fingerprint density at radius 1 is 1.26 bits per heavy atom. The summed E-state index contributed by atoms with van der Waals surface area (Å²) in [6.45, 7) is 4.69. The predicted octanol–water partition coefficient (Wildman–Crippen LogP) is 3.51. The Balaban J connectivity index is 1.60.